The minimum atomic E-state index is 0.206. The number of aromatic amines is 1. The van der Waals surface area contributed by atoms with E-state index in [0.29, 0.717) is 6.04 Å². The number of H-pyrrole nitrogens is 1. The summed E-state index contributed by atoms with van der Waals surface area (Å²) in [4.78, 5) is 16.9. The number of hydrogen-bond acceptors (Lipinski definition) is 1. The van der Waals surface area contributed by atoms with Gasteiger partial charge in [0, 0.05) is 36.6 Å². The number of fused-ring (bicyclic) bond motifs is 1. The largest absolute Gasteiger partial charge is 0.361 e. The van der Waals surface area contributed by atoms with Crippen LogP contribution in [0.15, 0.2) is 30.5 Å². The summed E-state index contributed by atoms with van der Waals surface area (Å²) in [6.45, 7) is 2.59. The van der Waals surface area contributed by atoms with Crippen molar-refractivity contribution >= 4 is 16.8 Å². The van der Waals surface area contributed by atoms with E-state index in [0.717, 1.165) is 25.8 Å². The highest BCUT2D eigenvalue weighted by Gasteiger charge is 2.27. The van der Waals surface area contributed by atoms with E-state index in [1.165, 1.54) is 16.5 Å². The second-order valence-electron chi connectivity index (χ2n) is 5.07. The number of benzene rings is 1. The second kappa shape index (κ2) is 4.48. The highest BCUT2D eigenvalue weighted by molar-refractivity contribution is 5.83. The van der Waals surface area contributed by atoms with E-state index in [-0.39, 0.29) is 5.91 Å². The monoisotopic (exact) mass is 242 g/mol. The third-order valence-corrected chi connectivity index (χ3v) is 3.91. The van der Waals surface area contributed by atoms with Gasteiger partial charge >= 0.3 is 0 Å². The molecule has 3 heteroatoms. The molecule has 1 aromatic carbocycles. The summed E-state index contributed by atoms with van der Waals surface area (Å²) in [5.41, 5.74) is 2.50. The van der Waals surface area contributed by atoms with Gasteiger partial charge in [0.05, 0.1) is 0 Å². The number of amides is 1. The zero-order valence-corrected chi connectivity index (χ0v) is 10.6. The Labute approximate surface area is 107 Å². The molecule has 1 aliphatic heterocycles. The lowest BCUT2D eigenvalue weighted by molar-refractivity contribution is -0.129. The number of nitrogens with one attached hydrogen (secondary N) is 1. The number of nitrogens with zero attached hydrogens (tertiary/aromatic N) is 1. The number of aromatic nitrogens is 1. The molecule has 1 unspecified atom stereocenters. The van der Waals surface area contributed by atoms with Crippen molar-refractivity contribution in [3.05, 3.63) is 36.0 Å². The molecule has 94 valence electrons. The Morgan fingerprint density at radius 1 is 1.44 bits per heavy atom. The molecule has 3 rings (SSSR count). The third-order valence-electron chi connectivity index (χ3n) is 3.91. The first-order valence-electron chi connectivity index (χ1n) is 6.58. The standard InChI is InChI=1S/C15H18N2O/c1-11(18)17-8-4-5-13(17)9-12-10-16-15-7-3-2-6-14(12)15/h2-3,6-7,10,13,16H,4-5,8-9H2,1H3. The Morgan fingerprint density at radius 2 is 2.28 bits per heavy atom. The van der Waals surface area contributed by atoms with Gasteiger partial charge in [0.15, 0.2) is 0 Å². The van der Waals surface area contributed by atoms with Crippen LogP contribution in [0.3, 0.4) is 0 Å². The van der Waals surface area contributed by atoms with Crippen LogP contribution in [0, 0.1) is 0 Å². The Bertz CT molecular complexity index is 573. The molecule has 18 heavy (non-hydrogen) atoms. The molecule has 2 heterocycles. The Kier molecular flexibility index (Phi) is 2.82. The fourth-order valence-electron chi connectivity index (χ4n) is 3.02. The van der Waals surface area contributed by atoms with Crippen LogP contribution >= 0.6 is 0 Å². The maximum absolute atomic E-state index is 11.6. The molecule has 0 aliphatic carbocycles. The maximum atomic E-state index is 11.6. The van der Waals surface area contributed by atoms with E-state index < -0.39 is 0 Å². The predicted molar refractivity (Wildman–Crippen MR) is 72.4 cm³/mol. The van der Waals surface area contributed by atoms with Crippen molar-refractivity contribution in [3.8, 4) is 0 Å². The molecule has 2 aromatic rings. The van der Waals surface area contributed by atoms with Crippen molar-refractivity contribution in [2.75, 3.05) is 6.54 Å². The molecule has 0 bridgehead atoms. The maximum Gasteiger partial charge on any atom is 0.219 e. The summed E-state index contributed by atoms with van der Waals surface area (Å²) >= 11 is 0. The first-order chi connectivity index (χ1) is 8.75. The zero-order chi connectivity index (χ0) is 12.5. The molecular formula is C15H18N2O. The van der Waals surface area contributed by atoms with Gasteiger partial charge in [0.2, 0.25) is 5.91 Å². The summed E-state index contributed by atoms with van der Waals surface area (Å²) in [5, 5.41) is 1.29. The minimum absolute atomic E-state index is 0.206. The van der Waals surface area contributed by atoms with Crippen molar-refractivity contribution in [1.82, 2.24) is 9.88 Å². The minimum Gasteiger partial charge on any atom is -0.361 e. The van der Waals surface area contributed by atoms with Gasteiger partial charge < -0.3 is 9.88 Å². The highest BCUT2D eigenvalue weighted by Crippen LogP contribution is 2.25. The third kappa shape index (κ3) is 1.90. The number of likely N-dealkylation sites (tertiary alicyclic amines) is 1. The SMILES string of the molecule is CC(=O)N1CCCC1Cc1c[nH]c2ccccc12. The fraction of sp³-hybridized carbons (Fsp3) is 0.400. The molecule has 0 radical (unpaired) electrons. The number of para-hydroxylation sites is 1. The van der Waals surface area contributed by atoms with E-state index in [1.807, 2.05) is 11.0 Å². The second-order valence-corrected chi connectivity index (χ2v) is 5.07. The van der Waals surface area contributed by atoms with Gasteiger partial charge in [-0.1, -0.05) is 18.2 Å². The molecule has 1 saturated heterocycles. The average Bonchev–Trinajstić information content (AvgIpc) is 2.97. The molecule has 0 saturated carbocycles. The molecule has 1 atom stereocenters. The van der Waals surface area contributed by atoms with Crippen LogP contribution in [-0.2, 0) is 11.2 Å². The lowest BCUT2D eigenvalue weighted by Gasteiger charge is -2.23. The van der Waals surface area contributed by atoms with Gasteiger partial charge in [-0.2, -0.15) is 0 Å². The van der Waals surface area contributed by atoms with E-state index in [2.05, 4.69) is 29.4 Å². The predicted octanol–water partition coefficient (Wildman–Crippen LogP) is 2.72. The summed E-state index contributed by atoms with van der Waals surface area (Å²) in [7, 11) is 0. The molecule has 0 spiro atoms. The van der Waals surface area contributed by atoms with Crippen LogP contribution in [0.1, 0.15) is 25.3 Å². The van der Waals surface area contributed by atoms with Crippen LogP contribution < -0.4 is 0 Å². The van der Waals surface area contributed by atoms with Crippen LogP contribution in [0.5, 0.6) is 0 Å². The topological polar surface area (TPSA) is 36.1 Å². The number of carbonyl (C=O) groups is 1. The van der Waals surface area contributed by atoms with E-state index in [9.17, 15) is 4.79 Å². The number of rotatable bonds is 2. The van der Waals surface area contributed by atoms with E-state index in [1.54, 1.807) is 6.92 Å². The van der Waals surface area contributed by atoms with Crippen molar-refractivity contribution in [1.29, 1.82) is 0 Å². The molecule has 1 aliphatic rings. The van der Waals surface area contributed by atoms with Gasteiger partial charge in [-0.25, -0.2) is 0 Å². The Balaban J connectivity index is 1.86. The first kappa shape index (κ1) is 11.3. The zero-order valence-electron chi connectivity index (χ0n) is 10.6. The molecule has 1 aromatic heterocycles. The molecular weight excluding hydrogens is 224 g/mol. The summed E-state index contributed by atoms with van der Waals surface area (Å²) < 4.78 is 0. The van der Waals surface area contributed by atoms with Crippen LogP contribution in [0.4, 0.5) is 0 Å². The Morgan fingerprint density at radius 3 is 3.11 bits per heavy atom. The highest BCUT2D eigenvalue weighted by atomic mass is 16.2. The number of hydrogen-bond donors (Lipinski definition) is 1. The van der Waals surface area contributed by atoms with Crippen LogP contribution in [-0.4, -0.2) is 28.4 Å². The Hall–Kier alpha value is -1.77. The van der Waals surface area contributed by atoms with Gasteiger partial charge in [-0.3, -0.25) is 4.79 Å². The molecule has 3 nitrogen and oxygen atoms in total. The first-order valence-corrected chi connectivity index (χ1v) is 6.58. The van der Waals surface area contributed by atoms with Gasteiger partial charge in [-0.05, 0) is 30.9 Å². The molecule has 1 amide bonds. The number of carbonyl (C=O) groups excluding carboxylic acids is 1. The van der Waals surface area contributed by atoms with E-state index in [4.69, 9.17) is 0 Å². The van der Waals surface area contributed by atoms with Crippen LogP contribution in [0.2, 0.25) is 0 Å². The normalized spacial score (nSPS) is 19.6. The smallest absolute Gasteiger partial charge is 0.219 e. The lowest BCUT2D eigenvalue weighted by atomic mass is 10.0. The summed E-state index contributed by atoms with van der Waals surface area (Å²) in [6.07, 6.45) is 5.30. The van der Waals surface area contributed by atoms with Gasteiger partial charge in [0.1, 0.15) is 0 Å². The lowest BCUT2D eigenvalue weighted by Crippen LogP contribution is -2.34. The quantitative estimate of drug-likeness (QED) is 0.863. The van der Waals surface area contributed by atoms with Crippen LogP contribution in [0.25, 0.3) is 10.9 Å². The van der Waals surface area contributed by atoms with Gasteiger partial charge in [-0.15, -0.1) is 0 Å². The van der Waals surface area contributed by atoms with E-state index >= 15 is 0 Å². The summed E-state index contributed by atoms with van der Waals surface area (Å²) in [6, 6.07) is 8.73. The van der Waals surface area contributed by atoms with Crippen molar-refractivity contribution in [2.24, 2.45) is 0 Å². The van der Waals surface area contributed by atoms with Crippen molar-refractivity contribution < 1.29 is 4.79 Å². The molecule has 1 N–H and O–H groups in total. The molecule has 1 fully saturated rings. The van der Waals surface area contributed by atoms with Crippen molar-refractivity contribution in [2.45, 2.75) is 32.2 Å². The van der Waals surface area contributed by atoms with Gasteiger partial charge in [0.25, 0.3) is 0 Å². The fourth-order valence-corrected chi connectivity index (χ4v) is 3.02. The summed E-state index contributed by atoms with van der Waals surface area (Å²) in [5.74, 6) is 0.206. The van der Waals surface area contributed by atoms with Crippen molar-refractivity contribution in [3.63, 3.8) is 0 Å². The average molecular weight is 242 g/mol.